The van der Waals surface area contributed by atoms with Crippen molar-refractivity contribution in [2.24, 2.45) is 17.8 Å². The standard InChI is InChI=1S/C27H40N2O2/c1-18(2)13-29(27(30)19(3)4)15-23-14-28(16-24-12-21(6)22(7)31-24)17-26(23)25-11-9-8-10-20(25)5/h8-12,18-19,23,26H,13-17H2,1-7H3. The zero-order chi connectivity index (χ0) is 22.7. The van der Waals surface area contributed by atoms with Crippen molar-refractivity contribution < 1.29 is 9.21 Å². The molecule has 0 aliphatic carbocycles. The molecule has 4 nitrogen and oxygen atoms in total. The van der Waals surface area contributed by atoms with E-state index in [0.29, 0.717) is 17.8 Å². The van der Waals surface area contributed by atoms with E-state index in [0.717, 1.165) is 44.2 Å². The number of nitrogens with zero attached hydrogens (tertiary/aromatic N) is 2. The first kappa shape index (κ1) is 23.6. The van der Waals surface area contributed by atoms with Crippen molar-refractivity contribution in [2.45, 2.75) is 60.9 Å². The molecule has 1 aliphatic heterocycles. The fourth-order valence-electron chi connectivity index (χ4n) is 4.92. The van der Waals surface area contributed by atoms with Crippen LogP contribution in [0, 0.1) is 38.5 Å². The molecule has 1 aliphatic rings. The van der Waals surface area contributed by atoms with E-state index >= 15 is 0 Å². The fraction of sp³-hybridized carbons (Fsp3) is 0.593. The van der Waals surface area contributed by atoms with Gasteiger partial charge < -0.3 is 9.32 Å². The summed E-state index contributed by atoms with van der Waals surface area (Å²) in [5.74, 6) is 3.65. The lowest BCUT2D eigenvalue weighted by Gasteiger charge is -2.31. The SMILES string of the molecule is Cc1ccccc1C1CN(Cc2cc(C)c(C)o2)CC1CN(CC(C)C)C(=O)C(C)C. The van der Waals surface area contributed by atoms with Crippen LogP contribution in [0.25, 0.3) is 0 Å². The molecule has 1 fully saturated rings. The van der Waals surface area contributed by atoms with Gasteiger partial charge in [-0.15, -0.1) is 0 Å². The highest BCUT2D eigenvalue weighted by molar-refractivity contribution is 5.78. The number of aryl methyl sites for hydroxylation is 3. The molecule has 0 saturated carbocycles. The van der Waals surface area contributed by atoms with Crippen LogP contribution in [-0.4, -0.2) is 41.9 Å². The van der Waals surface area contributed by atoms with Gasteiger partial charge in [-0.1, -0.05) is 52.0 Å². The van der Waals surface area contributed by atoms with Crippen molar-refractivity contribution in [1.29, 1.82) is 0 Å². The van der Waals surface area contributed by atoms with E-state index in [9.17, 15) is 4.79 Å². The van der Waals surface area contributed by atoms with E-state index in [2.05, 4.69) is 67.8 Å². The van der Waals surface area contributed by atoms with Crippen molar-refractivity contribution in [3.63, 3.8) is 0 Å². The lowest BCUT2D eigenvalue weighted by atomic mass is 9.86. The number of likely N-dealkylation sites (tertiary alicyclic amines) is 1. The van der Waals surface area contributed by atoms with Crippen LogP contribution in [0.4, 0.5) is 0 Å². The Kier molecular flexibility index (Phi) is 7.64. The molecule has 0 spiro atoms. The number of hydrogen-bond acceptors (Lipinski definition) is 3. The summed E-state index contributed by atoms with van der Waals surface area (Å²) in [7, 11) is 0. The summed E-state index contributed by atoms with van der Waals surface area (Å²) in [6, 6.07) is 10.9. The molecule has 1 aromatic carbocycles. The van der Waals surface area contributed by atoms with Crippen LogP contribution in [0.2, 0.25) is 0 Å². The minimum absolute atomic E-state index is 0.0298. The van der Waals surface area contributed by atoms with Crippen LogP contribution in [0.3, 0.4) is 0 Å². The van der Waals surface area contributed by atoms with Gasteiger partial charge in [-0.25, -0.2) is 0 Å². The molecule has 2 aromatic rings. The summed E-state index contributed by atoms with van der Waals surface area (Å²) in [4.78, 5) is 17.6. The second kappa shape index (κ2) is 10.0. The lowest BCUT2D eigenvalue weighted by molar-refractivity contribution is -0.135. The number of amides is 1. The van der Waals surface area contributed by atoms with Gasteiger partial charge in [-0.05, 0) is 55.4 Å². The molecule has 31 heavy (non-hydrogen) atoms. The third-order valence-electron chi connectivity index (χ3n) is 6.55. The molecule has 1 aromatic heterocycles. The van der Waals surface area contributed by atoms with Crippen LogP contribution >= 0.6 is 0 Å². The van der Waals surface area contributed by atoms with Gasteiger partial charge in [0.25, 0.3) is 0 Å². The number of carbonyl (C=O) groups is 1. The van der Waals surface area contributed by atoms with E-state index in [1.807, 2.05) is 20.8 Å². The molecule has 0 N–H and O–H groups in total. The van der Waals surface area contributed by atoms with E-state index in [-0.39, 0.29) is 11.8 Å². The van der Waals surface area contributed by atoms with Crippen molar-refractivity contribution >= 4 is 5.91 Å². The van der Waals surface area contributed by atoms with Gasteiger partial charge in [0.05, 0.1) is 6.54 Å². The van der Waals surface area contributed by atoms with Gasteiger partial charge in [0.2, 0.25) is 5.91 Å². The Morgan fingerprint density at radius 1 is 1.10 bits per heavy atom. The summed E-state index contributed by atoms with van der Waals surface area (Å²) in [6.45, 7) is 19.2. The van der Waals surface area contributed by atoms with Crippen molar-refractivity contribution in [3.05, 3.63) is 58.5 Å². The van der Waals surface area contributed by atoms with E-state index in [4.69, 9.17) is 4.42 Å². The monoisotopic (exact) mass is 424 g/mol. The van der Waals surface area contributed by atoms with Crippen molar-refractivity contribution in [1.82, 2.24) is 9.80 Å². The van der Waals surface area contributed by atoms with E-state index in [1.54, 1.807) is 0 Å². The summed E-state index contributed by atoms with van der Waals surface area (Å²) >= 11 is 0. The molecule has 2 atom stereocenters. The molecule has 2 unspecified atom stereocenters. The lowest BCUT2D eigenvalue weighted by Crippen LogP contribution is -2.41. The molecular weight excluding hydrogens is 384 g/mol. The Balaban J connectivity index is 1.84. The molecule has 2 heterocycles. The maximum absolute atomic E-state index is 13.0. The summed E-state index contributed by atoms with van der Waals surface area (Å²) < 4.78 is 5.97. The number of carbonyl (C=O) groups excluding carboxylic acids is 1. The van der Waals surface area contributed by atoms with Crippen molar-refractivity contribution in [2.75, 3.05) is 26.2 Å². The molecular formula is C27H40N2O2. The number of benzene rings is 1. The zero-order valence-electron chi connectivity index (χ0n) is 20.4. The van der Waals surface area contributed by atoms with Gasteiger partial charge in [0.15, 0.2) is 0 Å². The van der Waals surface area contributed by atoms with E-state index in [1.165, 1.54) is 16.7 Å². The highest BCUT2D eigenvalue weighted by Crippen LogP contribution is 2.36. The Morgan fingerprint density at radius 3 is 2.39 bits per heavy atom. The highest BCUT2D eigenvalue weighted by Gasteiger charge is 2.37. The molecule has 0 radical (unpaired) electrons. The van der Waals surface area contributed by atoms with Gasteiger partial charge in [0.1, 0.15) is 11.5 Å². The van der Waals surface area contributed by atoms with Crippen LogP contribution in [0.1, 0.15) is 61.8 Å². The van der Waals surface area contributed by atoms with Crippen LogP contribution < -0.4 is 0 Å². The molecule has 0 bridgehead atoms. The number of rotatable bonds is 8. The number of furan rings is 1. The normalized spacial score (nSPS) is 19.5. The van der Waals surface area contributed by atoms with Crippen molar-refractivity contribution in [3.8, 4) is 0 Å². The predicted molar refractivity (Wildman–Crippen MR) is 127 cm³/mol. The first-order valence-electron chi connectivity index (χ1n) is 11.8. The maximum atomic E-state index is 13.0. The summed E-state index contributed by atoms with van der Waals surface area (Å²) in [6.07, 6.45) is 0. The Bertz CT molecular complexity index is 864. The first-order chi connectivity index (χ1) is 14.7. The fourth-order valence-corrected chi connectivity index (χ4v) is 4.92. The molecule has 4 heteroatoms. The molecule has 1 amide bonds. The number of hydrogen-bond donors (Lipinski definition) is 0. The second-order valence-corrected chi connectivity index (χ2v) is 10.2. The second-order valence-electron chi connectivity index (χ2n) is 10.2. The topological polar surface area (TPSA) is 36.7 Å². The third kappa shape index (κ3) is 5.79. The maximum Gasteiger partial charge on any atom is 0.225 e. The van der Waals surface area contributed by atoms with Crippen LogP contribution in [-0.2, 0) is 11.3 Å². The third-order valence-corrected chi connectivity index (χ3v) is 6.55. The highest BCUT2D eigenvalue weighted by atomic mass is 16.3. The zero-order valence-corrected chi connectivity index (χ0v) is 20.4. The largest absolute Gasteiger partial charge is 0.465 e. The Labute approximate surface area is 188 Å². The van der Waals surface area contributed by atoms with Crippen LogP contribution in [0.5, 0.6) is 0 Å². The average Bonchev–Trinajstić information content (AvgIpc) is 3.22. The summed E-state index contributed by atoms with van der Waals surface area (Å²) in [5, 5.41) is 0. The first-order valence-corrected chi connectivity index (χ1v) is 11.8. The minimum Gasteiger partial charge on any atom is -0.465 e. The van der Waals surface area contributed by atoms with Gasteiger partial charge in [0, 0.05) is 38.0 Å². The van der Waals surface area contributed by atoms with Gasteiger partial charge in [-0.3, -0.25) is 9.69 Å². The molecule has 3 rings (SSSR count). The predicted octanol–water partition coefficient (Wildman–Crippen LogP) is 5.56. The average molecular weight is 425 g/mol. The van der Waals surface area contributed by atoms with Gasteiger partial charge >= 0.3 is 0 Å². The van der Waals surface area contributed by atoms with E-state index < -0.39 is 0 Å². The minimum atomic E-state index is 0.0298. The van der Waals surface area contributed by atoms with Crippen LogP contribution in [0.15, 0.2) is 34.7 Å². The Hall–Kier alpha value is -2.07. The van der Waals surface area contributed by atoms with Gasteiger partial charge in [-0.2, -0.15) is 0 Å². The Morgan fingerprint density at radius 2 is 1.81 bits per heavy atom. The quantitative estimate of drug-likeness (QED) is 0.556. The smallest absolute Gasteiger partial charge is 0.225 e. The molecule has 170 valence electrons. The summed E-state index contributed by atoms with van der Waals surface area (Å²) in [5.41, 5.74) is 3.98. The molecule has 1 saturated heterocycles.